The lowest BCUT2D eigenvalue weighted by molar-refractivity contribution is 0.103. The quantitative estimate of drug-likeness (QED) is 0.322. The number of benzene rings is 3. The Labute approximate surface area is 220 Å². The molecule has 0 unspecified atom stereocenters. The molecule has 1 aliphatic rings. The average Bonchev–Trinajstić information content (AvgIpc) is 3.43. The zero-order chi connectivity index (χ0) is 27.2. The maximum Gasteiger partial charge on any atom is 0.194 e. The molecule has 0 fully saturated rings. The lowest BCUT2D eigenvalue weighted by atomic mass is 10.0. The van der Waals surface area contributed by atoms with Crippen LogP contribution in [-0.2, 0) is 22.0 Å². The second-order valence-corrected chi connectivity index (χ2v) is 11.7. The van der Waals surface area contributed by atoms with Gasteiger partial charge in [-0.3, -0.25) is 4.79 Å². The van der Waals surface area contributed by atoms with E-state index in [2.05, 4.69) is 5.10 Å². The maximum absolute atomic E-state index is 14.0. The van der Waals surface area contributed by atoms with E-state index in [1.54, 1.807) is 36.4 Å². The van der Waals surface area contributed by atoms with Gasteiger partial charge in [0.05, 0.1) is 23.2 Å². The first kappa shape index (κ1) is 25.4. The van der Waals surface area contributed by atoms with Crippen LogP contribution < -0.4 is 10.5 Å². The number of nitrogens with zero attached hydrogens (tertiary/aromatic N) is 2. The number of carbonyl (C=O) groups is 1. The number of ether oxygens (including phenoxy) is 1. The second kappa shape index (κ2) is 9.57. The van der Waals surface area contributed by atoms with Crippen molar-refractivity contribution >= 4 is 27.5 Å². The van der Waals surface area contributed by atoms with Gasteiger partial charge in [0.2, 0.25) is 0 Å². The number of nitrogen functional groups attached to an aromatic ring is 1. The Balaban J connectivity index is 1.38. The van der Waals surface area contributed by atoms with Crippen LogP contribution in [0.3, 0.4) is 0 Å². The van der Waals surface area contributed by atoms with E-state index in [9.17, 15) is 17.6 Å². The van der Waals surface area contributed by atoms with Crippen molar-refractivity contribution in [3.63, 3.8) is 0 Å². The number of ketones is 1. The zero-order valence-corrected chi connectivity index (χ0v) is 22.0. The van der Waals surface area contributed by atoms with Crippen LogP contribution in [0.25, 0.3) is 11.8 Å². The lowest BCUT2D eigenvalue weighted by Crippen LogP contribution is -2.09. The van der Waals surface area contributed by atoms with E-state index in [0.29, 0.717) is 23.4 Å². The summed E-state index contributed by atoms with van der Waals surface area (Å²) in [6, 6.07) is 15.1. The minimum atomic E-state index is -3.18. The molecule has 0 saturated carbocycles. The van der Waals surface area contributed by atoms with Crippen LogP contribution in [0.2, 0.25) is 0 Å². The van der Waals surface area contributed by atoms with Gasteiger partial charge in [0.1, 0.15) is 11.6 Å². The molecule has 1 aliphatic carbocycles. The first-order valence-electron chi connectivity index (χ1n) is 11.9. The topological polar surface area (TPSA) is 104 Å². The fourth-order valence-corrected chi connectivity index (χ4v) is 5.50. The van der Waals surface area contributed by atoms with Crippen molar-refractivity contribution in [2.45, 2.75) is 26.0 Å². The summed E-state index contributed by atoms with van der Waals surface area (Å²) in [5.41, 5.74) is 12.1. The average molecular weight is 532 g/mol. The summed E-state index contributed by atoms with van der Waals surface area (Å²) in [7, 11) is -3.18. The molecule has 0 amide bonds. The molecule has 0 spiro atoms. The van der Waals surface area contributed by atoms with Gasteiger partial charge in [-0.1, -0.05) is 24.3 Å². The number of allylic oxidation sites excluding steroid dienone is 1. The standard InChI is InChI=1S/C29H26FN3O4S/c1-17-10-19-12-21(13-20(19)14-22(17)16-38(3,35)36)28(34)24-15-32-33(29(24)31)26-9-8-23(11-18(26)2)37-27-7-5-4-6-25(27)30/h4-12,14-15H,13,16,31H2,1-3H3. The Morgan fingerprint density at radius 1 is 1.11 bits per heavy atom. The van der Waals surface area contributed by atoms with E-state index in [1.165, 1.54) is 23.2 Å². The molecule has 0 atom stereocenters. The van der Waals surface area contributed by atoms with Crippen LogP contribution in [0, 0.1) is 19.7 Å². The SMILES string of the molecule is Cc1cc2c(cc1CS(C)(=O)=O)CC(C(=O)c1cnn(-c3ccc(Oc4ccccc4F)cc3C)c1N)=C2. The highest BCUT2D eigenvalue weighted by molar-refractivity contribution is 7.89. The van der Waals surface area contributed by atoms with Crippen LogP contribution in [0.15, 0.2) is 66.4 Å². The molecule has 0 aliphatic heterocycles. The molecular formula is C29H26FN3O4S. The third-order valence-corrected chi connectivity index (χ3v) is 7.37. The van der Waals surface area contributed by atoms with Gasteiger partial charge in [0.25, 0.3) is 0 Å². The fraction of sp³-hybridized carbons (Fsp3) is 0.172. The zero-order valence-electron chi connectivity index (χ0n) is 21.2. The molecule has 3 aromatic carbocycles. The Bertz CT molecular complexity index is 1740. The number of fused-ring (bicyclic) bond motifs is 1. The smallest absolute Gasteiger partial charge is 0.194 e. The van der Waals surface area contributed by atoms with Gasteiger partial charge in [-0.05, 0) is 78.1 Å². The largest absolute Gasteiger partial charge is 0.454 e. The predicted octanol–water partition coefficient (Wildman–Crippen LogP) is 5.37. The van der Waals surface area contributed by atoms with E-state index in [4.69, 9.17) is 10.5 Å². The van der Waals surface area contributed by atoms with Crippen molar-refractivity contribution in [1.82, 2.24) is 9.78 Å². The highest BCUT2D eigenvalue weighted by atomic mass is 32.2. The number of para-hydroxylation sites is 1. The minimum absolute atomic E-state index is 0.0431. The minimum Gasteiger partial charge on any atom is -0.454 e. The first-order chi connectivity index (χ1) is 18.0. The summed E-state index contributed by atoms with van der Waals surface area (Å²) in [5, 5.41) is 4.36. The van der Waals surface area contributed by atoms with E-state index in [-0.39, 0.29) is 28.7 Å². The van der Waals surface area contributed by atoms with Crippen molar-refractivity contribution in [1.29, 1.82) is 0 Å². The Hall–Kier alpha value is -4.24. The normalized spacial score (nSPS) is 12.8. The molecule has 0 bridgehead atoms. The number of halogens is 1. The summed E-state index contributed by atoms with van der Waals surface area (Å²) in [4.78, 5) is 13.4. The predicted molar refractivity (Wildman–Crippen MR) is 145 cm³/mol. The van der Waals surface area contributed by atoms with Crippen LogP contribution in [0.1, 0.15) is 38.2 Å². The monoisotopic (exact) mass is 531 g/mol. The van der Waals surface area contributed by atoms with Gasteiger partial charge >= 0.3 is 0 Å². The van der Waals surface area contributed by atoms with Gasteiger partial charge in [-0.25, -0.2) is 17.5 Å². The van der Waals surface area contributed by atoms with Gasteiger partial charge in [-0.2, -0.15) is 5.10 Å². The molecular weight excluding hydrogens is 505 g/mol. The van der Waals surface area contributed by atoms with Crippen LogP contribution in [0.5, 0.6) is 11.5 Å². The highest BCUT2D eigenvalue weighted by Crippen LogP contribution is 2.33. The summed E-state index contributed by atoms with van der Waals surface area (Å²) in [5.74, 6) is 0.0434. The molecule has 38 heavy (non-hydrogen) atoms. The summed E-state index contributed by atoms with van der Waals surface area (Å²) in [6.45, 7) is 3.71. The third kappa shape index (κ3) is 4.97. The van der Waals surface area contributed by atoms with Crippen LogP contribution >= 0.6 is 0 Å². The van der Waals surface area contributed by atoms with Crippen molar-refractivity contribution in [2.75, 3.05) is 12.0 Å². The number of aromatic nitrogens is 2. The van der Waals surface area contributed by atoms with E-state index < -0.39 is 15.7 Å². The number of hydrogen-bond acceptors (Lipinski definition) is 6. The van der Waals surface area contributed by atoms with Gasteiger partial charge < -0.3 is 10.5 Å². The second-order valence-electron chi connectivity index (χ2n) is 9.56. The number of Topliss-reactive ketones (excluding diaryl/α,β-unsaturated/α-hetero) is 1. The molecule has 4 aromatic rings. The van der Waals surface area contributed by atoms with Crippen molar-refractivity contribution in [3.05, 3.63) is 106 Å². The van der Waals surface area contributed by atoms with Gasteiger partial charge in [0, 0.05) is 18.2 Å². The van der Waals surface area contributed by atoms with Crippen LogP contribution in [0.4, 0.5) is 10.2 Å². The number of sulfone groups is 1. The first-order valence-corrected chi connectivity index (χ1v) is 14.0. The molecule has 7 nitrogen and oxygen atoms in total. The fourth-order valence-electron chi connectivity index (χ4n) is 4.62. The van der Waals surface area contributed by atoms with Gasteiger partial charge in [-0.15, -0.1) is 0 Å². The van der Waals surface area contributed by atoms with E-state index in [1.807, 2.05) is 32.1 Å². The molecule has 194 valence electrons. The number of nitrogens with two attached hydrogens (primary N) is 1. The Morgan fingerprint density at radius 2 is 1.87 bits per heavy atom. The van der Waals surface area contributed by atoms with Crippen molar-refractivity contribution < 1.29 is 22.3 Å². The van der Waals surface area contributed by atoms with Crippen molar-refractivity contribution in [3.8, 4) is 17.2 Å². The molecule has 0 radical (unpaired) electrons. The summed E-state index contributed by atoms with van der Waals surface area (Å²) in [6.07, 6.45) is 4.87. The van der Waals surface area contributed by atoms with Crippen LogP contribution in [-0.4, -0.2) is 30.2 Å². The van der Waals surface area contributed by atoms with E-state index in [0.717, 1.165) is 27.8 Å². The lowest BCUT2D eigenvalue weighted by Gasteiger charge is -2.12. The molecule has 1 heterocycles. The van der Waals surface area contributed by atoms with Gasteiger partial charge in [0.15, 0.2) is 27.2 Å². The molecule has 1 aromatic heterocycles. The number of aryl methyl sites for hydroxylation is 2. The number of carbonyl (C=O) groups excluding carboxylic acids is 1. The number of anilines is 1. The highest BCUT2D eigenvalue weighted by Gasteiger charge is 2.25. The molecule has 2 N–H and O–H groups in total. The Morgan fingerprint density at radius 3 is 2.58 bits per heavy atom. The maximum atomic E-state index is 14.0. The molecule has 9 heteroatoms. The summed E-state index contributed by atoms with van der Waals surface area (Å²) >= 11 is 0. The number of hydrogen-bond donors (Lipinski definition) is 1. The number of rotatable bonds is 7. The molecule has 5 rings (SSSR count). The summed E-state index contributed by atoms with van der Waals surface area (Å²) < 4.78 is 44.7. The van der Waals surface area contributed by atoms with E-state index >= 15 is 0 Å². The molecule has 0 saturated heterocycles. The third-order valence-electron chi connectivity index (χ3n) is 6.53. The Kier molecular flexibility index (Phi) is 6.40. The van der Waals surface area contributed by atoms with Crippen molar-refractivity contribution in [2.24, 2.45) is 0 Å².